The Bertz CT molecular complexity index is 1310. The minimum Gasteiger partial charge on any atom is -0.497 e. The fourth-order valence-electron chi connectivity index (χ4n) is 3.90. The van der Waals surface area contributed by atoms with Gasteiger partial charge in [0.05, 0.1) is 12.8 Å². The van der Waals surface area contributed by atoms with Crippen LogP contribution >= 0.6 is 0 Å². The predicted molar refractivity (Wildman–Crippen MR) is 145 cm³/mol. The second-order valence-electron chi connectivity index (χ2n) is 8.80. The van der Waals surface area contributed by atoms with E-state index in [0.717, 1.165) is 17.1 Å². The lowest BCUT2D eigenvalue weighted by molar-refractivity contribution is -0.122. The number of hydrogen-bond donors (Lipinski definition) is 1. The maximum Gasteiger partial charge on any atom is 0.335 e. The number of nitrogens with zero attached hydrogens (tertiary/aromatic N) is 1. The van der Waals surface area contributed by atoms with Gasteiger partial charge in [-0.1, -0.05) is 38.1 Å². The van der Waals surface area contributed by atoms with Gasteiger partial charge in [0.25, 0.3) is 11.8 Å². The van der Waals surface area contributed by atoms with Crippen molar-refractivity contribution in [2.45, 2.75) is 26.2 Å². The summed E-state index contributed by atoms with van der Waals surface area (Å²) in [7, 11) is 1.52. The van der Waals surface area contributed by atoms with Crippen molar-refractivity contribution in [3.63, 3.8) is 0 Å². The van der Waals surface area contributed by atoms with E-state index in [0.29, 0.717) is 41.9 Å². The number of benzene rings is 3. The molecule has 1 N–H and O–H groups in total. The van der Waals surface area contributed by atoms with E-state index >= 15 is 0 Å². The van der Waals surface area contributed by atoms with E-state index in [1.54, 1.807) is 48.5 Å². The molecule has 1 unspecified atom stereocenters. The van der Waals surface area contributed by atoms with Gasteiger partial charge in [-0.2, -0.15) is 0 Å². The molecule has 0 spiro atoms. The van der Waals surface area contributed by atoms with Gasteiger partial charge in [0.2, 0.25) is 0 Å². The van der Waals surface area contributed by atoms with Gasteiger partial charge in [-0.15, -0.1) is 0 Å². The summed E-state index contributed by atoms with van der Waals surface area (Å²) in [5, 5.41) is 2.22. The highest BCUT2D eigenvalue weighted by atomic mass is 16.5. The minimum atomic E-state index is -0.806. The van der Waals surface area contributed by atoms with Gasteiger partial charge in [0, 0.05) is 0 Å². The average Bonchev–Trinajstić information content (AvgIpc) is 2.94. The number of methoxy groups -OCH3 is 1. The first-order chi connectivity index (χ1) is 18.4. The van der Waals surface area contributed by atoms with Crippen LogP contribution in [0.25, 0.3) is 6.08 Å². The zero-order valence-electron chi connectivity index (χ0n) is 21.6. The van der Waals surface area contributed by atoms with Crippen LogP contribution in [-0.2, 0) is 9.59 Å². The predicted octanol–water partition coefficient (Wildman–Crippen LogP) is 5.33. The van der Waals surface area contributed by atoms with Gasteiger partial charge >= 0.3 is 6.03 Å². The standard InChI is InChI=1S/C30H30N2O6/c1-4-20(2)22-7-13-26(14-8-22)38-18-17-37-25-11-5-21(6-12-25)19-27-28(33)31-30(35)32(29(27)34)23-9-15-24(36-3)16-10-23/h5-16,19-20H,4,17-18H2,1-3H3,(H,31,33,35). The lowest BCUT2D eigenvalue weighted by Crippen LogP contribution is -2.54. The first kappa shape index (κ1) is 26.5. The first-order valence-corrected chi connectivity index (χ1v) is 12.4. The summed E-state index contributed by atoms with van der Waals surface area (Å²) in [6, 6.07) is 20.6. The molecule has 1 aliphatic rings. The first-order valence-electron chi connectivity index (χ1n) is 12.4. The number of anilines is 1. The molecule has 1 saturated heterocycles. The molecule has 38 heavy (non-hydrogen) atoms. The van der Waals surface area contributed by atoms with Crippen molar-refractivity contribution in [2.75, 3.05) is 25.2 Å². The third kappa shape index (κ3) is 6.21. The van der Waals surface area contributed by atoms with Crippen LogP contribution in [0.15, 0.2) is 78.4 Å². The highest BCUT2D eigenvalue weighted by molar-refractivity contribution is 6.39. The zero-order valence-corrected chi connectivity index (χ0v) is 21.6. The summed E-state index contributed by atoms with van der Waals surface area (Å²) < 4.78 is 16.6. The Balaban J connectivity index is 1.35. The van der Waals surface area contributed by atoms with Crippen LogP contribution in [0.1, 0.15) is 37.3 Å². The molecule has 1 heterocycles. The van der Waals surface area contributed by atoms with Gasteiger partial charge in [0.1, 0.15) is 36.0 Å². The van der Waals surface area contributed by atoms with Crippen molar-refractivity contribution in [3.8, 4) is 17.2 Å². The maximum absolute atomic E-state index is 13.0. The van der Waals surface area contributed by atoms with E-state index in [2.05, 4.69) is 31.3 Å². The van der Waals surface area contributed by atoms with Crippen molar-refractivity contribution in [3.05, 3.63) is 89.5 Å². The number of urea groups is 1. The maximum atomic E-state index is 13.0. The number of rotatable bonds is 10. The molecule has 8 heteroatoms. The molecule has 0 saturated carbocycles. The van der Waals surface area contributed by atoms with E-state index in [1.807, 2.05) is 12.1 Å². The normalized spacial score (nSPS) is 15.3. The Labute approximate surface area is 221 Å². The minimum absolute atomic E-state index is 0.151. The second kappa shape index (κ2) is 12.1. The van der Waals surface area contributed by atoms with Crippen LogP contribution in [0.5, 0.6) is 17.2 Å². The lowest BCUT2D eigenvalue weighted by Gasteiger charge is -2.26. The van der Waals surface area contributed by atoms with E-state index in [4.69, 9.17) is 14.2 Å². The van der Waals surface area contributed by atoms with Gasteiger partial charge in [-0.25, -0.2) is 9.69 Å². The molecule has 0 radical (unpaired) electrons. The molecular formula is C30H30N2O6. The molecule has 0 aromatic heterocycles. The summed E-state index contributed by atoms with van der Waals surface area (Å²) in [4.78, 5) is 38.7. The molecule has 1 aliphatic heterocycles. The summed E-state index contributed by atoms with van der Waals surface area (Å²) in [6.07, 6.45) is 2.53. The van der Waals surface area contributed by atoms with Crippen LogP contribution in [0.3, 0.4) is 0 Å². The molecule has 3 aromatic rings. The smallest absolute Gasteiger partial charge is 0.335 e. The topological polar surface area (TPSA) is 94.2 Å². The molecule has 0 bridgehead atoms. The monoisotopic (exact) mass is 514 g/mol. The molecular weight excluding hydrogens is 484 g/mol. The third-order valence-corrected chi connectivity index (χ3v) is 6.31. The van der Waals surface area contributed by atoms with Gasteiger partial charge in [0.15, 0.2) is 0 Å². The Morgan fingerprint density at radius 3 is 1.92 bits per heavy atom. The van der Waals surface area contributed by atoms with E-state index in [9.17, 15) is 14.4 Å². The highest BCUT2D eigenvalue weighted by Gasteiger charge is 2.36. The number of carbonyl (C=O) groups excluding carboxylic acids is 3. The fraction of sp³-hybridized carbons (Fsp3) is 0.233. The quantitative estimate of drug-likeness (QED) is 0.223. The van der Waals surface area contributed by atoms with E-state index < -0.39 is 17.8 Å². The summed E-state index contributed by atoms with van der Waals surface area (Å²) in [5.41, 5.74) is 2.07. The Kier molecular flexibility index (Phi) is 8.43. The van der Waals surface area contributed by atoms with Crippen molar-refractivity contribution < 1.29 is 28.6 Å². The average molecular weight is 515 g/mol. The van der Waals surface area contributed by atoms with Crippen LogP contribution in [0.2, 0.25) is 0 Å². The number of barbiturate groups is 1. The molecule has 4 amide bonds. The number of ether oxygens (including phenoxy) is 3. The van der Waals surface area contributed by atoms with Crippen molar-refractivity contribution in [2.24, 2.45) is 0 Å². The highest BCUT2D eigenvalue weighted by Crippen LogP contribution is 2.25. The lowest BCUT2D eigenvalue weighted by atomic mass is 9.99. The molecule has 8 nitrogen and oxygen atoms in total. The largest absolute Gasteiger partial charge is 0.497 e. The molecule has 4 rings (SSSR count). The van der Waals surface area contributed by atoms with Gasteiger partial charge in [-0.05, 0) is 78.1 Å². The van der Waals surface area contributed by atoms with Crippen LogP contribution < -0.4 is 24.4 Å². The van der Waals surface area contributed by atoms with Crippen LogP contribution in [0.4, 0.5) is 10.5 Å². The summed E-state index contributed by atoms with van der Waals surface area (Å²) >= 11 is 0. The number of hydrogen-bond acceptors (Lipinski definition) is 6. The van der Waals surface area contributed by atoms with Gasteiger partial charge < -0.3 is 14.2 Å². The Hall–Kier alpha value is -4.59. The molecule has 3 aromatic carbocycles. The SMILES string of the molecule is CCC(C)c1ccc(OCCOc2ccc(C=C3C(=O)NC(=O)N(c4ccc(OC)cc4)C3=O)cc2)cc1. The van der Waals surface area contributed by atoms with Crippen molar-refractivity contribution in [1.29, 1.82) is 0 Å². The summed E-state index contributed by atoms with van der Waals surface area (Å²) in [5.74, 6) is 1.05. The number of imide groups is 2. The zero-order chi connectivity index (χ0) is 27.1. The molecule has 0 aliphatic carbocycles. The van der Waals surface area contributed by atoms with Crippen molar-refractivity contribution in [1.82, 2.24) is 5.32 Å². The fourth-order valence-corrected chi connectivity index (χ4v) is 3.90. The molecule has 1 atom stereocenters. The number of amides is 4. The van der Waals surface area contributed by atoms with Crippen LogP contribution in [-0.4, -0.2) is 38.2 Å². The Morgan fingerprint density at radius 2 is 1.37 bits per heavy atom. The summed E-state index contributed by atoms with van der Waals surface area (Å²) in [6.45, 7) is 5.11. The second-order valence-corrected chi connectivity index (χ2v) is 8.80. The molecule has 196 valence electrons. The molecule has 1 fully saturated rings. The van der Waals surface area contributed by atoms with E-state index in [-0.39, 0.29) is 5.57 Å². The van der Waals surface area contributed by atoms with Gasteiger partial charge in [-0.3, -0.25) is 14.9 Å². The Morgan fingerprint density at radius 1 is 0.816 bits per heavy atom. The number of nitrogens with one attached hydrogen (secondary N) is 1. The third-order valence-electron chi connectivity index (χ3n) is 6.31. The van der Waals surface area contributed by atoms with E-state index in [1.165, 1.54) is 18.7 Å². The van der Waals surface area contributed by atoms with Crippen LogP contribution in [0, 0.1) is 0 Å². The van der Waals surface area contributed by atoms with Crippen molar-refractivity contribution >= 4 is 29.6 Å². The number of carbonyl (C=O) groups is 3.